The van der Waals surface area contributed by atoms with Gasteiger partial charge >= 0.3 is 0 Å². The van der Waals surface area contributed by atoms with Crippen LogP contribution in [-0.2, 0) is 0 Å². The first-order valence-electron chi connectivity index (χ1n) is 17.9. The Labute approximate surface area is 303 Å². The molecule has 244 valence electrons. The highest BCUT2D eigenvalue weighted by molar-refractivity contribution is 6.17. The molecular weight excluding hydrogens is 629 g/mol. The Morgan fingerprint density at radius 3 is 1.83 bits per heavy atom. The summed E-state index contributed by atoms with van der Waals surface area (Å²) < 4.78 is 2.39. The van der Waals surface area contributed by atoms with Gasteiger partial charge in [-0.25, -0.2) is 0 Å². The van der Waals surface area contributed by atoms with Crippen LogP contribution >= 0.6 is 0 Å². The fourth-order valence-corrected chi connectivity index (χ4v) is 8.07. The fourth-order valence-electron chi connectivity index (χ4n) is 8.07. The molecule has 0 spiro atoms. The van der Waals surface area contributed by atoms with Gasteiger partial charge in [-0.1, -0.05) is 152 Å². The van der Waals surface area contributed by atoms with Crippen LogP contribution in [0.5, 0.6) is 0 Å². The minimum atomic E-state index is 1.11. The van der Waals surface area contributed by atoms with Crippen molar-refractivity contribution in [2.24, 2.45) is 0 Å². The molecule has 52 heavy (non-hydrogen) atoms. The number of hydrogen-bond donors (Lipinski definition) is 0. The van der Waals surface area contributed by atoms with Gasteiger partial charge in [-0.2, -0.15) is 0 Å². The lowest BCUT2D eigenvalue weighted by Crippen LogP contribution is -2.12. The van der Waals surface area contributed by atoms with E-state index >= 15 is 0 Å². The van der Waals surface area contributed by atoms with Gasteiger partial charge in [-0.15, -0.1) is 0 Å². The van der Waals surface area contributed by atoms with Gasteiger partial charge in [0.25, 0.3) is 0 Å². The third-order valence-corrected chi connectivity index (χ3v) is 10.4. The molecule has 1 aromatic heterocycles. The highest BCUT2D eigenvalue weighted by Crippen LogP contribution is 2.47. The number of benzene rings is 9. The third kappa shape index (κ3) is 4.88. The quantitative estimate of drug-likeness (QED) is 0.172. The first kappa shape index (κ1) is 30.0. The summed E-state index contributed by atoms with van der Waals surface area (Å²) in [7, 11) is 0. The molecule has 0 N–H and O–H groups in total. The van der Waals surface area contributed by atoms with Crippen molar-refractivity contribution in [2.75, 3.05) is 4.90 Å². The molecule has 0 aliphatic rings. The largest absolute Gasteiger partial charge is 0.309 e. The van der Waals surface area contributed by atoms with Gasteiger partial charge < -0.3 is 9.47 Å². The zero-order valence-electron chi connectivity index (χ0n) is 28.5. The fraction of sp³-hybridized carbons (Fsp3) is 0. The molecule has 0 bridgehead atoms. The molecule has 9 aromatic carbocycles. The Hall–Kier alpha value is -6.90. The van der Waals surface area contributed by atoms with E-state index in [1.807, 2.05) is 0 Å². The SMILES string of the molecule is c1ccc(N(c2ccccc2-c2cccc3c2c2ccccc2n3-c2ccccc2)c2ccc(-c3ccc4ccccc4c3)c3ccccc23)cc1. The second-order valence-corrected chi connectivity index (χ2v) is 13.3. The van der Waals surface area contributed by atoms with Gasteiger partial charge in [-0.3, -0.25) is 0 Å². The lowest BCUT2D eigenvalue weighted by molar-refractivity contribution is 1.18. The molecule has 0 amide bonds. The molecule has 0 unspecified atom stereocenters. The van der Waals surface area contributed by atoms with Gasteiger partial charge in [0, 0.05) is 33.1 Å². The van der Waals surface area contributed by atoms with Crippen molar-refractivity contribution in [2.45, 2.75) is 0 Å². The molecule has 0 atom stereocenters. The summed E-state index contributed by atoms with van der Waals surface area (Å²) in [4.78, 5) is 2.44. The van der Waals surface area contributed by atoms with Crippen LogP contribution in [0, 0.1) is 0 Å². The van der Waals surface area contributed by atoms with Crippen molar-refractivity contribution in [3.63, 3.8) is 0 Å². The van der Waals surface area contributed by atoms with Crippen LogP contribution in [0.2, 0.25) is 0 Å². The Kier molecular flexibility index (Phi) is 7.18. The van der Waals surface area contributed by atoms with Gasteiger partial charge in [0.2, 0.25) is 0 Å². The maximum absolute atomic E-state index is 2.44. The van der Waals surface area contributed by atoms with Crippen LogP contribution in [0.3, 0.4) is 0 Å². The summed E-state index contributed by atoms with van der Waals surface area (Å²) >= 11 is 0. The summed E-state index contributed by atoms with van der Waals surface area (Å²) in [6, 6.07) is 74.7. The van der Waals surface area contributed by atoms with E-state index in [1.54, 1.807) is 0 Å². The maximum atomic E-state index is 2.44. The molecule has 0 saturated carbocycles. The van der Waals surface area contributed by atoms with E-state index < -0.39 is 0 Å². The van der Waals surface area contributed by atoms with Crippen molar-refractivity contribution in [1.29, 1.82) is 0 Å². The van der Waals surface area contributed by atoms with E-state index in [1.165, 1.54) is 65.6 Å². The number of para-hydroxylation sites is 4. The predicted molar refractivity (Wildman–Crippen MR) is 221 cm³/mol. The molecule has 10 rings (SSSR count). The highest BCUT2D eigenvalue weighted by atomic mass is 15.1. The number of nitrogens with zero attached hydrogens (tertiary/aromatic N) is 2. The van der Waals surface area contributed by atoms with E-state index in [0.29, 0.717) is 0 Å². The Morgan fingerprint density at radius 2 is 0.981 bits per heavy atom. The molecule has 0 saturated heterocycles. The topological polar surface area (TPSA) is 8.17 Å². The molecule has 0 aliphatic carbocycles. The molecule has 0 aliphatic heterocycles. The minimum absolute atomic E-state index is 1.11. The zero-order valence-corrected chi connectivity index (χ0v) is 28.5. The summed E-state index contributed by atoms with van der Waals surface area (Å²) in [5.74, 6) is 0. The lowest BCUT2D eigenvalue weighted by Gasteiger charge is -2.29. The molecule has 1 heterocycles. The van der Waals surface area contributed by atoms with Gasteiger partial charge in [-0.05, 0) is 87.4 Å². The first-order valence-corrected chi connectivity index (χ1v) is 17.9. The summed E-state index contributed by atoms with van der Waals surface area (Å²) in [6.07, 6.45) is 0. The number of aromatic nitrogens is 1. The van der Waals surface area contributed by atoms with Crippen molar-refractivity contribution in [1.82, 2.24) is 4.57 Å². The average molecular weight is 663 g/mol. The second kappa shape index (κ2) is 12.5. The third-order valence-electron chi connectivity index (χ3n) is 10.4. The van der Waals surface area contributed by atoms with Crippen LogP contribution in [0.4, 0.5) is 17.1 Å². The van der Waals surface area contributed by atoms with Crippen LogP contribution < -0.4 is 4.90 Å². The summed E-state index contributed by atoms with van der Waals surface area (Å²) in [6.45, 7) is 0. The van der Waals surface area contributed by atoms with Crippen molar-refractivity contribution in [3.8, 4) is 27.9 Å². The Balaban J connectivity index is 1.22. The van der Waals surface area contributed by atoms with Crippen molar-refractivity contribution >= 4 is 60.4 Å². The van der Waals surface area contributed by atoms with E-state index in [9.17, 15) is 0 Å². The molecule has 2 nitrogen and oxygen atoms in total. The standard InChI is InChI=1S/C50H34N2/c1-3-18-38(19-4-1)51(48-33-32-40(41-22-9-10-23-42(41)48)37-31-30-35-16-7-8-17-36(35)34-37)46-27-13-11-24-43(46)44-26-15-29-49-50(44)45-25-12-14-28-47(45)52(49)39-20-5-2-6-21-39/h1-34H. The van der Waals surface area contributed by atoms with Crippen LogP contribution in [0.25, 0.3) is 71.3 Å². The number of fused-ring (bicyclic) bond motifs is 5. The van der Waals surface area contributed by atoms with Crippen LogP contribution in [-0.4, -0.2) is 4.57 Å². The number of anilines is 3. The van der Waals surface area contributed by atoms with Crippen molar-refractivity contribution in [3.05, 3.63) is 206 Å². The molecular formula is C50H34N2. The predicted octanol–water partition coefficient (Wildman–Crippen LogP) is 13.9. The highest BCUT2D eigenvalue weighted by Gasteiger charge is 2.23. The molecule has 0 radical (unpaired) electrons. The average Bonchev–Trinajstić information content (AvgIpc) is 3.56. The Morgan fingerprint density at radius 1 is 0.346 bits per heavy atom. The van der Waals surface area contributed by atoms with E-state index in [0.717, 1.165) is 22.7 Å². The van der Waals surface area contributed by atoms with E-state index in [-0.39, 0.29) is 0 Å². The monoisotopic (exact) mass is 662 g/mol. The van der Waals surface area contributed by atoms with E-state index in [4.69, 9.17) is 0 Å². The summed E-state index contributed by atoms with van der Waals surface area (Å²) in [5.41, 5.74) is 11.7. The zero-order chi connectivity index (χ0) is 34.4. The normalized spacial score (nSPS) is 11.5. The number of rotatable bonds is 6. The van der Waals surface area contributed by atoms with Crippen LogP contribution in [0.1, 0.15) is 0 Å². The van der Waals surface area contributed by atoms with Gasteiger partial charge in [0.05, 0.1) is 22.4 Å². The molecule has 0 fully saturated rings. The molecule has 2 heteroatoms. The van der Waals surface area contributed by atoms with Gasteiger partial charge in [0.1, 0.15) is 0 Å². The Bertz CT molecular complexity index is 2900. The van der Waals surface area contributed by atoms with Crippen molar-refractivity contribution < 1.29 is 0 Å². The van der Waals surface area contributed by atoms with E-state index in [2.05, 4.69) is 216 Å². The lowest BCUT2D eigenvalue weighted by atomic mass is 9.94. The minimum Gasteiger partial charge on any atom is -0.309 e. The second-order valence-electron chi connectivity index (χ2n) is 13.3. The first-order chi connectivity index (χ1) is 25.8. The smallest absolute Gasteiger partial charge is 0.0547 e. The maximum Gasteiger partial charge on any atom is 0.0547 e. The summed E-state index contributed by atoms with van der Waals surface area (Å²) in [5, 5.41) is 7.41. The molecule has 10 aromatic rings. The van der Waals surface area contributed by atoms with Crippen LogP contribution in [0.15, 0.2) is 206 Å². The van der Waals surface area contributed by atoms with Gasteiger partial charge in [0.15, 0.2) is 0 Å². The number of hydrogen-bond acceptors (Lipinski definition) is 1.